The van der Waals surface area contributed by atoms with Gasteiger partial charge in [-0.1, -0.05) is 0 Å². The number of hydrogen-bond donors (Lipinski definition) is 0. The number of hydrogen-bond acceptors (Lipinski definition) is 4. The molecule has 0 aliphatic heterocycles. The van der Waals surface area contributed by atoms with Crippen LogP contribution < -0.4 is 0 Å². The summed E-state index contributed by atoms with van der Waals surface area (Å²) in [6.45, 7) is 4.16. The van der Waals surface area contributed by atoms with Gasteiger partial charge in [0.2, 0.25) is 0 Å². The predicted molar refractivity (Wildman–Crippen MR) is 91.0 cm³/mol. The number of rotatable bonds is 7. The molecule has 2 aromatic rings. The van der Waals surface area contributed by atoms with E-state index in [0.29, 0.717) is 0 Å². The van der Waals surface area contributed by atoms with Crippen LogP contribution in [0.5, 0.6) is 0 Å². The maximum Gasteiger partial charge on any atom is 0.334 e. The molecule has 4 nitrogen and oxygen atoms in total. The zero-order valence-corrected chi connectivity index (χ0v) is 14.8. The minimum Gasteiger partial charge on any atom is -0.398 e. The quantitative estimate of drug-likeness (QED) is 0.730. The van der Waals surface area contributed by atoms with Crippen LogP contribution in [-0.2, 0) is 15.3 Å². The maximum atomic E-state index is 5.53. The Labute approximate surface area is 133 Å². The molecular weight excluding hydrogens is 292 g/mol. The molecule has 2 aromatic heterocycles. The van der Waals surface area contributed by atoms with E-state index in [1.54, 1.807) is 14.2 Å². The van der Waals surface area contributed by atoms with E-state index in [1.807, 2.05) is 18.5 Å². The number of pyridine rings is 2. The molecule has 2 rings (SSSR count). The highest BCUT2D eigenvalue weighted by Gasteiger charge is 2.27. The summed E-state index contributed by atoms with van der Waals surface area (Å²) >= 11 is 0. The molecule has 5 heteroatoms. The molecule has 2 heterocycles. The maximum absolute atomic E-state index is 5.53. The summed E-state index contributed by atoms with van der Waals surface area (Å²) in [7, 11) is 1.52. The Morgan fingerprint density at radius 3 is 2.27 bits per heavy atom. The molecule has 0 saturated heterocycles. The number of aromatic nitrogens is 2. The van der Waals surface area contributed by atoms with Gasteiger partial charge in [0.05, 0.1) is 11.4 Å². The van der Waals surface area contributed by atoms with Crippen LogP contribution in [0.25, 0.3) is 11.4 Å². The van der Waals surface area contributed by atoms with Gasteiger partial charge in [-0.2, -0.15) is 0 Å². The van der Waals surface area contributed by atoms with E-state index < -0.39 is 8.56 Å². The van der Waals surface area contributed by atoms with Gasteiger partial charge in [-0.05, 0) is 67.7 Å². The van der Waals surface area contributed by atoms with E-state index in [0.717, 1.165) is 30.3 Å². The van der Waals surface area contributed by atoms with Crippen LogP contribution in [0.3, 0.4) is 0 Å². The number of nitrogens with zero attached hydrogens (tertiary/aromatic N) is 2. The molecule has 0 aliphatic rings. The van der Waals surface area contributed by atoms with Crippen molar-refractivity contribution in [1.82, 2.24) is 9.97 Å². The van der Waals surface area contributed by atoms with Crippen molar-refractivity contribution in [3.63, 3.8) is 0 Å². The zero-order chi connectivity index (χ0) is 16.0. The summed E-state index contributed by atoms with van der Waals surface area (Å²) in [5, 5.41) is 0. The van der Waals surface area contributed by atoms with Crippen LogP contribution >= 0.6 is 0 Å². The molecule has 0 aliphatic carbocycles. The minimum atomic E-state index is -1.96. The standard InChI is InChI=1S/C17H24N2O2Si/c1-14-7-9-18-16(12-14)17-13-15(8-10-19-17)6-5-11-22(4,20-2)21-3/h7-10,12-13H,5-6,11H2,1-4H3. The molecule has 0 atom stereocenters. The van der Waals surface area contributed by atoms with Gasteiger partial charge < -0.3 is 8.85 Å². The molecule has 22 heavy (non-hydrogen) atoms. The Balaban J connectivity index is 2.03. The third kappa shape index (κ3) is 4.46. The topological polar surface area (TPSA) is 44.2 Å². The van der Waals surface area contributed by atoms with Gasteiger partial charge in [-0.3, -0.25) is 9.97 Å². The first-order chi connectivity index (χ1) is 10.6. The van der Waals surface area contributed by atoms with Crippen LogP contribution in [0.1, 0.15) is 17.5 Å². The Kier molecular flexibility index (Phi) is 5.82. The second-order valence-electron chi connectivity index (χ2n) is 5.66. The van der Waals surface area contributed by atoms with Crippen LogP contribution in [-0.4, -0.2) is 32.7 Å². The molecule has 0 spiro atoms. The second kappa shape index (κ2) is 7.62. The average molecular weight is 316 g/mol. The Hall–Kier alpha value is -1.56. The van der Waals surface area contributed by atoms with Gasteiger partial charge in [0.1, 0.15) is 0 Å². The largest absolute Gasteiger partial charge is 0.398 e. The Morgan fingerprint density at radius 1 is 1.00 bits per heavy atom. The third-order valence-electron chi connectivity index (χ3n) is 3.96. The SMILES string of the molecule is CO[Si](C)(CCCc1ccnc(-c2cc(C)ccn2)c1)OC. The molecule has 118 valence electrons. The zero-order valence-electron chi connectivity index (χ0n) is 13.8. The summed E-state index contributed by atoms with van der Waals surface area (Å²) in [6, 6.07) is 9.23. The molecule has 0 unspecified atom stereocenters. The highest BCUT2D eigenvalue weighted by molar-refractivity contribution is 6.65. The average Bonchev–Trinajstić information content (AvgIpc) is 2.55. The van der Waals surface area contributed by atoms with E-state index in [2.05, 4.69) is 41.6 Å². The summed E-state index contributed by atoms with van der Waals surface area (Å²) in [5.74, 6) is 0. The first kappa shape index (κ1) is 16.8. The highest BCUT2D eigenvalue weighted by Crippen LogP contribution is 2.19. The lowest BCUT2D eigenvalue weighted by Gasteiger charge is -2.22. The van der Waals surface area contributed by atoms with E-state index in [1.165, 1.54) is 11.1 Å². The molecule has 0 saturated carbocycles. The molecule has 0 aromatic carbocycles. The summed E-state index contributed by atoms with van der Waals surface area (Å²) in [5.41, 5.74) is 4.32. The molecular formula is C17H24N2O2Si. The van der Waals surface area contributed by atoms with Crippen LogP contribution in [0.15, 0.2) is 36.7 Å². The summed E-state index contributed by atoms with van der Waals surface area (Å²) in [4.78, 5) is 8.84. The predicted octanol–water partition coefficient (Wildman–Crippen LogP) is 3.75. The van der Waals surface area contributed by atoms with Crippen molar-refractivity contribution in [2.45, 2.75) is 32.4 Å². The van der Waals surface area contributed by atoms with Crippen molar-refractivity contribution >= 4 is 8.56 Å². The Bertz CT molecular complexity index is 615. The first-order valence-electron chi connectivity index (χ1n) is 7.54. The highest BCUT2D eigenvalue weighted by atomic mass is 28.4. The molecule has 0 N–H and O–H groups in total. The fourth-order valence-electron chi connectivity index (χ4n) is 2.35. The van der Waals surface area contributed by atoms with Crippen molar-refractivity contribution in [1.29, 1.82) is 0 Å². The fourth-order valence-corrected chi connectivity index (χ4v) is 3.74. The van der Waals surface area contributed by atoms with Gasteiger partial charge >= 0.3 is 8.56 Å². The van der Waals surface area contributed by atoms with Gasteiger partial charge in [0.25, 0.3) is 0 Å². The van der Waals surface area contributed by atoms with Gasteiger partial charge in [-0.25, -0.2) is 0 Å². The number of aryl methyl sites for hydroxylation is 2. The van der Waals surface area contributed by atoms with Crippen molar-refractivity contribution < 1.29 is 8.85 Å². The van der Waals surface area contributed by atoms with Crippen molar-refractivity contribution in [3.8, 4) is 11.4 Å². The van der Waals surface area contributed by atoms with Crippen molar-refractivity contribution in [2.24, 2.45) is 0 Å². The fraction of sp³-hybridized carbons (Fsp3) is 0.412. The molecule has 0 bridgehead atoms. The molecule has 0 radical (unpaired) electrons. The van der Waals surface area contributed by atoms with Crippen LogP contribution in [0.2, 0.25) is 12.6 Å². The second-order valence-corrected chi connectivity index (χ2v) is 9.25. The van der Waals surface area contributed by atoms with Crippen molar-refractivity contribution in [2.75, 3.05) is 14.2 Å². The van der Waals surface area contributed by atoms with Gasteiger partial charge in [0.15, 0.2) is 0 Å². The Morgan fingerprint density at radius 2 is 1.64 bits per heavy atom. The summed E-state index contributed by atoms with van der Waals surface area (Å²) < 4.78 is 11.1. The lowest BCUT2D eigenvalue weighted by atomic mass is 10.1. The molecule has 0 amide bonds. The monoisotopic (exact) mass is 316 g/mol. The van der Waals surface area contributed by atoms with Crippen LogP contribution in [0.4, 0.5) is 0 Å². The third-order valence-corrected chi connectivity index (χ3v) is 6.95. The minimum absolute atomic E-state index is 0.926. The van der Waals surface area contributed by atoms with E-state index in [9.17, 15) is 0 Å². The van der Waals surface area contributed by atoms with Crippen molar-refractivity contribution in [3.05, 3.63) is 47.8 Å². The van der Waals surface area contributed by atoms with E-state index in [4.69, 9.17) is 8.85 Å². The van der Waals surface area contributed by atoms with Crippen LogP contribution in [0, 0.1) is 6.92 Å². The lowest BCUT2D eigenvalue weighted by molar-refractivity contribution is 0.248. The molecule has 0 fully saturated rings. The van der Waals surface area contributed by atoms with Gasteiger partial charge in [-0.15, -0.1) is 0 Å². The smallest absolute Gasteiger partial charge is 0.334 e. The van der Waals surface area contributed by atoms with E-state index >= 15 is 0 Å². The first-order valence-corrected chi connectivity index (χ1v) is 10.1. The normalized spacial score (nSPS) is 11.6. The lowest BCUT2D eigenvalue weighted by Crippen LogP contribution is -2.35. The van der Waals surface area contributed by atoms with Gasteiger partial charge in [0, 0.05) is 26.6 Å². The van der Waals surface area contributed by atoms with E-state index in [-0.39, 0.29) is 0 Å². The summed E-state index contributed by atoms with van der Waals surface area (Å²) in [6.07, 6.45) is 5.73.